The summed E-state index contributed by atoms with van der Waals surface area (Å²) in [5.41, 5.74) is 5.74. The second-order valence-electron chi connectivity index (χ2n) is 6.55. The SMILES string of the molecule is CO[C@H]1[CH]C(C(N)=O)N(CC(=O)Nc2ccc(N3CCOCC3=O)cc2F)C1. The Kier molecular flexibility index (Phi) is 6.22. The van der Waals surface area contributed by atoms with Gasteiger partial charge in [-0.05, 0) is 18.2 Å². The van der Waals surface area contributed by atoms with Crippen LogP contribution in [0.5, 0.6) is 0 Å². The van der Waals surface area contributed by atoms with Crippen molar-refractivity contribution in [3.8, 4) is 0 Å². The van der Waals surface area contributed by atoms with E-state index in [1.54, 1.807) is 17.4 Å². The number of hydrogen-bond donors (Lipinski definition) is 2. The van der Waals surface area contributed by atoms with E-state index in [4.69, 9.17) is 15.2 Å². The number of hydrogen-bond acceptors (Lipinski definition) is 6. The van der Waals surface area contributed by atoms with E-state index in [0.29, 0.717) is 25.4 Å². The van der Waals surface area contributed by atoms with Crippen LogP contribution in [0.1, 0.15) is 0 Å². The Morgan fingerprint density at radius 3 is 2.86 bits per heavy atom. The fraction of sp³-hybridized carbons (Fsp3) is 0.444. The average Bonchev–Trinajstić information content (AvgIpc) is 3.07. The summed E-state index contributed by atoms with van der Waals surface area (Å²) in [4.78, 5) is 38.7. The van der Waals surface area contributed by atoms with Gasteiger partial charge in [-0.25, -0.2) is 4.39 Å². The molecule has 0 aromatic heterocycles. The fourth-order valence-corrected chi connectivity index (χ4v) is 3.26. The van der Waals surface area contributed by atoms with Crippen molar-refractivity contribution in [3.05, 3.63) is 30.4 Å². The van der Waals surface area contributed by atoms with Crippen LogP contribution in [-0.2, 0) is 23.9 Å². The first-order valence-electron chi connectivity index (χ1n) is 8.77. The molecular formula is C18H22FN4O5. The quantitative estimate of drug-likeness (QED) is 0.675. The number of ether oxygens (including phenoxy) is 2. The molecule has 10 heteroatoms. The molecule has 1 aromatic rings. The monoisotopic (exact) mass is 393 g/mol. The number of amides is 3. The third-order valence-corrected chi connectivity index (χ3v) is 4.67. The minimum Gasteiger partial charge on any atom is -0.380 e. The lowest BCUT2D eigenvalue weighted by atomic mass is 10.2. The van der Waals surface area contributed by atoms with Gasteiger partial charge in [0.05, 0.1) is 31.0 Å². The van der Waals surface area contributed by atoms with E-state index >= 15 is 0 Å². The summed E-state index contributed by atoms with van der Waals surface area (Å²) in [6.45, 7) is 0.856. The van der Waals surface area contributed by atoms with E-state index in [1.165, 1.54) is 24.1 Å². The van der Waals surface area contributed by atoms with E-state index in [1.807, 2.05) is 0 Å². The van der Waals surface area contributed by atoms with E-state index in [9.17, 15) is 18.8 Å². The van der Waals surface area contributed by atoms with Crippen molar-refractivity contribution in [2.24, 2.45) is 5.73 Å². The Hall–Kier alpha value is -2.56. The molecular weight excluding hydrogens is 371 g/mol. The van der Waals surface area contributed by atoms with Crippen molar-refractivity contribution in [3.63, 3.8) is 0 Å². The van der Waals surface area contributed by atoms with Crippen LogP contribution in [-0.4, -0.2) is 74.7 Å². The third-order valence-electron chi connectivity index (χ3n) is 4.67. The molecule has 0 saturated carbocycles. The van der Waals surface area contributed by atoms with E-state index in [-0.39, 0.29) is 30.9 Å². The molecule has 3 amide bonds. The molecule has 151 valence electrons. The van der Waals surface area contributed by atoms with Gasteiger partial charge in [-0.1, -0.05) is 0 Å². The summed E-state index contributed by atoms with van der Waals surface area (Å²) in [6, 6.07) is 3.41. The van der Waals surface area contributed by atoms with Crippen molar-refractivity contribution in [2.75, 3.05) is 50.2 Å². The molecule has 1 aromatic carbocycles. The number of benzene rings is 1. The first kappa shape index (κ1) is 20.2. The van der Waals surface area contributed by atoms with Crippen molar-refractivity contribution >= 4 is 29.1 Å². The number of methoxy groups -OCH3 is 1. The molecule has 0 spiro atoms. The van der Waals surface area contributed by atoms with E-state index < -0.39 is 23.7 Å². The number of anilines is 2. The Bertz CT molecular complexity index is 774. The Labute approximate surface area is 161 Å². The van der Waals surface area contributed by atoms with Gasteiger partial charge in [0.1, 0.15) is 12.4 Å². The number of likely N-dealkylation sites (tertiary alicyclic amines) is 1. The molecule has 2 atom stereocenters. The highest BCUT2D eigenvalue weighted by Crippen LogP contribution is 2.24. The molecule has 3 N–H and O–H groups in total. The normalized spacial score (nSPS) is 23.1. The summed E-state index contributed by atoms with van der Waals surface area (Å²) in [5, 5.41) is 2.48. The average molecular weight is 393 g/mol. The van der Waals surface area contributed by atoms with E-state index in [0.717, 1.165) is 0 Å². The first-order valence-corrected chi connectivity index (χ1v) is 8.77. The van der Waals surface area contributed by atoms with Crippen LogP contribution < -0.4 is 16.0 Å². The number of halogens is 1. The van der Waals surface area contributed by atoms with Crippen LogP contribution in [0.2, 0.25) is 0 Å². The zero-order valence-electron chi connectivity index (χ0n) is 15.4. The summed E-state index contributed by atoms with van der Waals surface area (Å²) in [6.07, 6.45) is 1.32. The highest BCUT2D eigenvalue weighted by molar-refractivity contribution is 5.96. The summed E-state index contributed by atoms with van der Waals surface area (Å²) < 4.78 is 24.7. The molecule has 2 heterocycles. The molecule has 0 bridgehead atoms. The van der Waals surface area contributed by atoms with Crippen LogP contribution in [0.4, 0.5) is 15.8 Å². The molecule has 1 unspecified atom stereocenters. The highest BCUT2D eigenvalue weighted by Gasteiger charge is 2.37. The predicted molar refractivity (Wildman–Crippen MR) is 97.9 cm³/mol. The molecule has 1 radical (unpaired) electrons. The summed E-state index contributed by atoms with van der Waals surface area (Å²) in [5.74, 6) is -2.00. The van der Waals surface area contributed by atoms with Gasteiger partial charge < -0.3 is 25.4 Å². The lowest BCUT2D eigenvalue weighted by Gasteiger charge is -2.27. The van der Waals surface area contributed by atoms with Gasteiger partial charge in [-0.3, -0.25) is 19.3 Å². The summed E-state index contributed by atoms with van der Waals surface area (Å²) in [7, 11) is 1.50. The van der Waals surface area contributed by atoms with Crippen molar-refractivity contribution in [1.82, 2.24) is 4.90 Å². The van der Waals surface area contributed by atoms with Crippen molar-refractivity contribution in [2.45, 2.75) is 12.1 Å². The molecule has 2 saturated heterocycles. The van der Waals surface area contributed by atoms with Gasteiger partial charge in [0.25, 0.3) is 5.91 Å². The van der Waals surface area contributed by atoms with Crippen LogP contribution in [0, 0.1) is 12.2 Å². The number of morpholine rings is 1. The lowest BCUT2D eigenvalue weighted by molar-refractivity contribution is -0.126. The molecule has 2 aliphatic rings. The lowest BCUT2D eigenvalue weighted by Crippen LogP contribution is -2.44. The number of carbonyl (C=O) groups is 3. The molecule has 3 rings (SSSR count). The molecule has 2 aliphatic heterocycles. The zero-order chi connectivity index (χ0) is 20.3. The number of carbonyl (C=O) groups excluding carboxylic acids is 3. The van der Waals surface area contributed by atoms with Gasteiger partial charge in [0.2, 0.25) is 11.8 Å². The second kappa shape index (κ2) is 8.63. The van der Waals surface area contributed by atoms with Gasteiger partial charge >= 0.3 is 0 Å². The molecule has 2 fully saturated rings. The number of nitrogens with one attached hydrogen (secondary N) is 1. The van der Waals surface area contributed by atoms with Crippen molar-refractivity contribution < 1.29 is 28.2 Å². The standard InChI is InChI=1S/C18H22FN4O5/c1-27-12-7-15(18(20)26)22(8-12)9-16(24)21-14-3-2-11(6-13(14)19)23-4-5-28-10-17(23)25/h2-3,6-7,12,15H,4-5,8-10H2,1H3,(H2,20,26)(H,21,24)/t12-,15?/m0/s1. The van der Waals surface area contributed by atoms with Crippen LogP contribution in [0.15, 0.2) is 18.2 Å². The largest absolute Gasteiger partial charge is 0.380 e. The Morgan fingerprint density at radius 1 is 1.43 bits per heavy atom. The number of primary amides is 1. The number of nitrogens with zero attached hydrogens (tertiary/aromatic N) is 2. The number of rotatable bonds is 6. The minimum absolute atomic E-state index is 0.0171. The molecule has 28 heavy (non-hydrogen) atoms. The van der Waals surface area contributed by atoms with Gasteiger partial charge in [-0.2, -0.15) is 0 Å². The second-order valence-corrected chi connectivity index (χ2v) is 6.55. The maximum atomic E-state index is 14.4. The van der Waals surface area contributed by atoms with E-state index in [2.05, 4.69) is 5.32 Å². The highest BCUT2D eigenvalue weighted by atomic mass is 19.1. The van der Waals surface area contributed by atoms with Crippen LogP contribution in [0.3, 0.4) is 0 Å². The topological polar surface area (TPSA) is 114 Å². The maximum absolute atomic E-state index is 14.4. The first-order chi connectivity index (χ1) is 13.4. The predicted octanol–water partition coefficient (Wildman–Crippen LogP) is -0.484. The van der Waals surface area contributed by atoms with Crippen LogP contribution in [0.25, 0.3) is 0 Å². The number of nitrogens with two attached hydrogens (primary N) is 1. The maximum Gasteiger partial charge on any atom is 0.253 e. The Morgan fingerprint density at radius 2 is 2.21 bits per heavy atom. The molecule has 9 nitrogen and oxygen atoms in total. The van der Waals surface area contributed by atoms with Gasteiger partial charge in [0, 0.05) is 32.3 Å². The summed E-state index contributed by atoms with van der Waals surface area (Å²) >= 11 is 0. The van der Waals surface area contributed by atoms with Gasteiger partial charge in [-0.15, -0.1) is 0 Å². The van der Waals surface area contributed by atoms with Crippen molar-refractivity contribution in [1.29, 1.82) is 0 Å². The van der Waals surface area contributed by atoms with Gasteiger partial charge in [0.15, 0.2) is 0 Å². The molecule has 0 aliphatic carbocycles. The smallest absolute Gasteiger partial charge is 0.253 e. The Balaban J connectivity index is 1.64. The fourth-order valence-electron chi connectivity index (χ4n) is 3.26. The third kappa shape index (κ3) is 4.46. The minimum atomic E-state index is -0.727. The van der Waals surface area contributed by atoms with Crippen LogP contribution >= 0.6 is 0 Å². The zero-order valence-corrected chi connectivity index (χ0v) is 15.4.